The van der Waals surface area contributed by atoms with Crippen LogP contribution >= 0.6 is 15.9 Å². The van der Waals surface area contributed by atoms with Crippen molar-refractivity contribution >= 4 is 50.4 Å². The van der Waals surface area contributed by atoms with Gasteiger partial charge < -0.3 is 14.8 Å². The molecule has 14 N–H and O–H groups in total. The average Bonchev–Trinajstić information content (AvgIpc) is 3.97. The standard InChI is InChI=1S/C46H58N8O6P2/c1-9-33-27(7)43-41(31-17-13-29(14-18-31)23-61(55,57-47)58-48)45-35(11-3)25(5)37(51-45)21-38-26(6)36(12-4)46(52-38)42(32-19-15-30(16-20-32)24-62(56,59-49)60-50)44-28(8)34(10-2)40(54-44)22-39(33)53-43/h13-22H,9-12,23-24H2,1-8,47-50H3/q+6/p+2. The minimum absolute atomic E-state index is 0.0422. The normalized spacial score (nSPS) is 16.8. The minimum atomic E-state index is -3.49. The number of hydrogen-bond acceptors (Lipinski definition) is 7. The van der Waals surface area contributed by atoms with Gasteiger partial charge in [0, 0.05) is 36.4 Å². The molecule has 0 saturated carbocycles. The van der Waals surface area contributed by atoms with Crippen LogP contribution in [0.2, 0.25) is 0 Å². The minimum Gasteiger partial charge on any atom is -0.622 e. The van der Waals surface area contributed by atoms with E-state index in [-0.39, 0.29) is 12.3 Å². The highest BCUT2D eigenvalue weighted by Crippen LogP contribution is 2.52. The van der Waals surface area contributed by atoms with E-state index in [2.05, 4.69) is 101 Å². The van der Waals surface area contributed by atoms with Crippen molar-refractivity contribution in [3.8, 4) is 0 Å². The number of H-pyrrole nitrogens is 1. The van der Waals surface area contributed by atoms with Gasteiger partial charge in [-0.3, -0.25) is 5.32 Å². The summed E-state index contributed by atoms with van der Waals surface area (Å²) in [6.45, 7) is 17.4. The third-order valence-electron chi connectivity index (χ3n) is 12.5. The van der Waals surface area contributed by atoms with Crippen molar-refractivity contribution in [1.82, 2.24) is 19.6 Å². The summed E-state index contributed by atoms with van der Waals surface area (Å²) < 4.78 is 30.9. The van der Waals surface area contributed by atoms with Crippen molar-refractivity contribution in [3.63, 3.8) is 0 Å². The van der Waals surface area contributed by atoms with Crippen LogP contribution in [0.1, 0.15) is 101 Å². The van der Waals surface area contributed by atoms with Crippen molar-refractivity contribution in [2.45, 2.75) is 93.4 Å². The number of nitrogens with one attached hydrogen (secondary N) is 2. The number of benzene rings is 2. The molecule has 14 nitrogen and oxygen atoms in total. The molecular weight excluding hydrogens is 823 g/mol. The fourth-order valence-electron chi connectivity index (χ4n) is 9.07. The highest BCUT2D eigenvalue weighted by atomic mass is 31.2. The monoisotopic (exact) mass is 882 g/mol. The Morgan fingerprint density at radius 1 is 0.694 bits per heavy atom. The van der Waals surface area contributed by atoms with Crippen molar-refractivity contribution in [2.75, 3.05) is 0 Å². The van der Waals surface area contributed by atoms with Gasteiger partial charge in [0.05, 0.1) is 33.7 Å². The molecule has 322 valence electrons. The third kappa shape index (κ3) is 8.17. The molecule has 4 aliphatic rings. The maximum Gasteiger partial charge on any atom is 0.416 e. The Bertz CT molecular complexity index is 2690. The first-order valence-corrected chi connectivity index (χ1v) is 24.5. The van der Waals surface area contributed by atoms with Gasteiger partial charge in [0.2, 0.25) is 11.6 Å². The first-order valence-electron chi connectivity index (χ1n) is 21.0. The Morgan fingerprint density at radius 3 is 1.81 bits per heavy atom. The van der Waals surface area contributed by atoms with Gasteiger partial charge >= 0.3 is 38.7 Å². The van der Waals surface area contributed by atoms with Gasteiger partial charge in [-0.05, 0) is 92.9 Å². The number of quaternary nitrogens is 4. The third-order valence-corrected chi connectivity index (χ3v) is 15.6. The summed E-state index contributed by atoms with van der Waals surface area (Å²) in [5, 5.41) is 5.87. The molecule has 16 heteroatoms. The zero-order chi connectivity index (χ0) is 44.7. The molecule has 62 heavy (non-hydrogen) atoms. The Balaban J connectivity index is 1.54. The van der Waals surface area contributed by atoms with Gasteiger partial charge in [-0.15, -0.1) is 0 Å². The molecule has 4 aliphatic heterocycles. The number of hydrogen-bond donors (Lipinski definition) is 6. The summed E-state index contributed by atoms with van der Waals surface area (Å²) in [6.07, 6.45) is 7.61. The predicted molar refractivity (Wildman–Crippen MR) is 241 cm³/mol. The molecule has 7 rings (SSSR count). The van der Waals surface area contributed by atoms with Crippen LogP contribution in [0.25, 0.3) is 11.6 Å². The number of aromatic amines is 1. The Hall–Kier alpha value is -4.68. The first kappa shape index (κ1) is 45.3. The lowest BCUT2D eigenvalue weighted by Gasteiger charge is -2.16. The molecule has 5 heterocycles. The van der Waals surface area contributed by atoms with Gasteiger partial charge in [0.15, 0.2) is 5.70 Å². The molecule has 3 aromatic rings. The fourth-order valence-corrected chi connectivity index (χ4v) is 10.9. The number of aromatic nitrogens is 1. The van der Waals surface area contributed by atoms with E-state index < -0.39 is 15.9 Å². The molecular formula is C46H60N8O6P2+8. The van der Waals surface area contributed by atoms with Crippen molar-refractivity contribution in [1.29, 1.82) is 0 Å². The summed E-state index contributed by atoms with van der Waals surface area (Å²) in [4.78, 5) is 29.9. The van der Waals surface area contributed by atoms with Gasteiger partial charge in [-0.1, -0.05) is 61.3 Å². The molecule has 0 saturated heterocycles. The van der Waals surface area contributed by atoms with Crippen LogP contribution in [0.3, 0.4) is 0 Å². The Labute approximate surface area is 363 Å². The maximum absolute atomic E-state index is 13.0. The molecule has 0 spiro atoms. The molecule has 2 aromatic carbocycles. The highest BCUT2D eigenvalue weighted by Gasteiger charge is 2.53. The molecule has 0 aliphatic carbocycles. The lowest BCUT2D eigenvalue weighted by atomic mass is 9.83. The Morgan fingerprint density at radius 2 is 1.27 bits per heavy atom. The second kappa shape index (κ2) is 18.2. The summed E-state index contributed by atoms with van der Waals surface area (Å²) in [5.41, 5.74) is 18.1. The van der Waals surface area contributed by atoms with E-state index in [1.54, 1.807) is 0 Å². The maximum atomic E-state index is 13.0. The average molecular weight is 883 g/mol. The first-order chi connectivity index (χ1) is 29.7. The van der Waals surface area contributed by atoms with Crippen LogP contribution in [-0.4, -0.2) is 27.8 Å². The van der Waals surface area contributed by atoms with Crippen LogP contribution < -0.4 is 58.7 Å². The zero-order valence-electron chi connectivity index (χ0n) is 37.1. The second-order valence-electron chi connectivity index (χ2n) is 15.8. The Kier molecular flexibility index (Phi) is 13.3. The quantitative estimate of drug-likeness (QED) is 0.0581. The van der Waals surface area contributed by atoms with Gasteiger partial charge in [-0.25, -0.2) is 0 Å². The molecule has 0 unspecified atom stereocenters. The van der Waals surface area contributed by atoms with Crippen LogP contribution in [0.5, 0.6) is 0 Å². The zero-order valence-corrected chi connectivity index (χ0v) is 38.9. The second-order valence-corrected chi connectivity index (χ2v) is 19.9. The molecule has 0 amide bonds. The van der Waals surface area contributed by atoms with Crippen LogP contribution in [0.4, 0.5) is 0 Å². The van der Waals surface area contributed by atoms with Gasteiger partial charge in [0.1, 0.15) is 41.0 Å². The SMILES string of the molecule is CCC1=C(C)C2=[N+]=C1C=c1[nH]c(c(C)c1CC)=C(c1ccc(C[P+]([O-])(O[NH3+])O[NH3+])cc1)C1=[N+]=C(C=C3NC(=C(CC)[C+]3C)[C+]2c2ccc(C[P+]([O-])(O[NH3+])O[NH3+])cc2)C(C)=C1CC. The molecule has 8 bridgehead atoms. The topological polar surface area (TPSA) is 250 Å². The van der Waals surface area contributed by atoms with Crippen LogP contribution in [0, 0.1) is 18.8 Å². The molecule has 0 radical (unpaired) electrons. The van der Waals surface area contributed by atoms with E-state index in [9.17, 15) is 9.79 Å². The van der Waals surface area contributed by atoms with Gasteiger partial charge in [-0.2, -0.15) is 23.6 Å². The van der Waals surface area contributed by atoms with E-state index in [4.69, 9.17) is 27.8 Å². The summed E-state index contributed by atoms with van der Waals surface area (Å²) in [7, 11) is -6.97. The van der Waals surface area contributed by atoms with E-state index >= 15 is 0 Å². The predicted octanol–water partition coefficient (Wildman–Crippen LogP) is 0.565. The highest BCUT2D eigenvalue weighted by molar-refractivity contribution is 7.58. The fraction of sp³-hybridized carbons (Fsp3) is 0.304. The lowest BCUT2D eigenvalue weighted by molar-refractivity contribution is -0.695. The summed E-state index contributed by atoms with van der Waals surface area (Å²) in [5.74, 6) is 15.6. The number of fused-ring (bicyclic) bond motifs is 4. The molecule has 0 atom stereocenters. The number of nitrogens with zero attached hydrogens (tertiary/aromatic N) is 2. The van der Waals surface area contributed by atoms with Crippen LogP contribution in [-0.2, 0) is 37.2 Å². The van der Waals surface area contributed by atoms with E-state index in [0.717, 1.165) is 133 Å². The summed E-state index contributed by atoms with van der Waals surface area (Å²) in [6, 6.07) is 16.0. The van der Waals surface area contributed by atoms with Gasteiger partial charge in [0.25, 0.3) is 0 Å². The van der Waals surface area contributed by atoms with E-state index in [1.807, 2.05) is 48.5 Å². The molecule has 1 aromatic heterocycles. The van der Waals surface area contributed by atoms with Crippen molar-refractivity contribution in [2.24, 2.45) is 0 Å². The number of allylic oxidation sites excluding steroid dienone is 7. The van der Waals surface area contributed by atoms with Crippen molar-refractivity contribution < 1.29 is 51.9 Å². The smallest absolute Gasteiger partial charge is 0.416 e. The van der Waals surface area contributed by atoms with Crippen LogP contribution in [0.15, 0.2) is 93.9 Å². The number of rotatable bonds is 14. The van der Waals surface area contributed by atoms with E-state index in [1.165, 1.54) is 16.7 Å². The van der Waals surface area contributed by atoms with E-state index in [0.29, 0.717) is 0 Å². The lowest BCUT2D eigenvalue weighted by Crippen LogP contribution is -2.57. The molecule has 0 fully saturated rings. The summed E-state index contributed by atoms with van der Waals surface area (Å²) >= 11 is 0. The van der Waals surface area contributed by atoms with Crippen molar-refractivity contribution in [3.05, 3.63) is 150 Å². The largest absolute Gasteiger partial charge is 0.622 e.